The maximum absolute atomic E-state index is 9.12. The van der Waals surface area contributed by atoms with Crippen molar-refractivity contribution in [2.75, 3.05) is 0 Å². The minimum Gasteiger partial charge on any atom is -0.508 e. The van der Waals surface area contributed by atoms with Crippen LogP contribution in [0.15, 0.2) is 30.5 Å². The van der Waals surface area contributed by atoms with Gasteiger partial charge in [-0.1, -0.05) is 17.3 Å². The van der Waals surface area contributed by atoms with Crippen molar-refractivity contribution < 1.29 is 5.11 Å². The summed E-state index contributed by atoms with van der Waals surface area (Å²) < 4.78 is 1.68. The van der Waals surface area contributed by atoms with Gasteiger partial charge < -0.3 is 10.4 Å². The molecule has 0 unspecified atom stereocenters. The van der Waals surface area contributed by atoms with E-state index < -0.39 is 0 Å². The second-order valence-electron chi connectivity index (χ2n) is 3.65. The van der Waals surface area contributed by atoms with Crippen LogP contribution >= 0.6 is 0 Å². The molecule has 0 aliphatic rings. The smallest absolute Gasteiger partial charge is 0.115 e. The van der Waals surface area contributed by atoms with Crippen molar-refractivity contribution in [3.05, 3.63) is 41.7 Å². The highest BCUT2D eigenvalue weighted by Crippen LogP contribution is 2.09. The van der Waals surface area contributed by atoms with E-state index in [9.17, 15) is 0 Å². The average Bonchev–Trinajstić information content (AvgIpc) is 2.67. The number of nitrogens with one attached hydrogen (secondary N) is 1. The van der Waals surface area contributed by atoms with Crippen molar-refractivity contribution in [1.29, 1.82) is 0 Å². The molecule has 2 rings (SSSR count). The summed E-state index contributed by atoms with van der Waals surface area (Å²) >= 11 is 0. The number of rotatable bonds is 4. The van der Waals surface area contributed by atoms with Crippen LogP contribution in [0.3, 0.4) is 0 Å². The highest BCUT2D eigenvalue weighted by molar-refractivity contribution is 5.25. The van der Waals surface area contributed by atoms with E-state index in [2.05, 4.69) is 15.6 Å². The largest absolute Gasteiger partial charge is 0.508 e. The fourth-order valence-corrected chi connectivity index (χ4v) is 1.42. The van der Waals surface area contributed by atoms with Crippen molar-refractivity contribution in [1.82, 2.24) is 20.3 Å². The molecule has 16 heavy (non-hydrogen) atoms. The minimum atomic E-state index is 0.290. The zero-order valence-corrected chi connectivity index (χ0v) is 9.09. The quantitative estimate of drug-likeness (QED) is 0.797. The Labute approximate surface area is 93.7 Å². The molecule has 1 aromatic heterocycles. The summed E-state index contributed by atoms with van der Waals surface area (Å²) in [5.74, 6) is 0.290. The van der Waals surface area contributed by atoms with Crippen LogP contribution in [0.2, 0.25) is 0 Å². The minimum absolute atomic E-state index is 0.290. The van der Waals surface area contributed by atoms with Gasteiger partial charge in [0.15, 0.2) is 0 Å². The monoisotopic (exact) mass is 218 g/mol. The van der Waals surface area contributed by atoms with Gasteiger partial charge in [0.2, 0.25) is 0 Å². The summed E-state index contributed by atoms with van der Waals surface area (Å²) in [6, 6.07) is 7.14. The lowest BCUT2D eigenvalue weighted by Gasteiger charge is -2.02. The van der Waals surface area contributed by atoms with Crippen LogP contribution in [0.1, 0.15) is 11.3 Å². The molecule has 1 aromatic carbocycles. The van der Waals surface area contributed by atoms with E-state index >= 15 is 0 Å². The van der Waals surface area contributed by atoms with E-state index in [1.165, 1.54) is 0 Å². The van der Waals surface area contributed by atoms with Gasteiger partial charge in [0.1, 0.15) is 5.75 Å². The first-order valence-corrected chi connectivity index (χ1v) is 5.08. The summed E-state index contributed by atoms with van der Waals surface area (Å²) in [6.07, 6.45) is 1.88. The number of phenolic OH excluding ortho intramolecular Hbond substituents is 1. The van der Waals surface area contributed by atoms with Gasteiger partial charge in [-0.2, -0.15) is 0 Å². The van der Waals surface area contributed by atoms with E-state index in [1.807, 2.05) is 25.4 Å². The number of aromatic nitrogens is 3. The maximum Gasteiger partial charge on any atom is 0.115 e. The Hall–Kier alpha value is -1.88. The first kappa shape index (κ1) is 10.6. The predicted molar refractivity (Wildman–Crippen MR) is 59.7 cm³/mol. The highest BCUT2D eigenvalue weighted by atomic mass is 16.3. The van der Waals surface area contributed by atoms with Crippen molar-refractivity contribution in [2.45, 2.75) is 13.1 Å². The molecule has 0 amide bonds. The molecule has 0 saturated carbocycles. The number of benzene rings is 1. The summed E-state index contributed by atoms with van der Waals surface area (Å²) in [6.45, 7) is 1.44. The molecule has 0 aliphatic carbocycles. The third kappa shape index (κ3) is 2.80. The van der Waals surface area contributed by atoms with Gasteiger partial charge in [0, 0.05) is 26.3 Å². The fraction of sp³-hybridized carbons (Fsp3) is 0.273. The van der Waals surface area contributed by atoms with Gasteiger partial charge in [-0.05, 0) is 17.7 Å². The average molecular weight is 218 g/mol. The SMILES string of the molecule is Cn1cc(CNCc2ccc(O)cc2)nn1. The third-order valence-electron chi connectivity index (χ3n) is 2.22. The van der Waals surface area contributed by atoms with E-state index in [-0.39, 0.29) is 5.75 Å². The summed E-state index contributed by atoms with van der Waals surface area (Å²) in [7, 11) is 1.84. The molecule has 1 heterocycles. The molecule has 0 saturated heterocycles. The highest BCUT2D eigenvalue weighted by Gasteiger charge is 1.98. The Morgan fingerprint density at radius 2 is 2.00 bits per heavy atom. The Morgan fingerprint density at radius 3 is 2.62 bits per heavy atom. The predicted octanol–water partition coefficient (Wildman–Crippen LogP) is 0.810. The van der Waals surface area contributed by atoms with E-state index in [4.69, 9.17) is 5.11 Å². The Balaban J connectivity index is 1.82. The van der Waals surface area contributed by atoms with Gasteiger partial charge in [-0.25, -0.2) is 0 Å². The number of phenols is 1. The lowest BCUT2D eigenvalue weighted by Crippen LogP contribution is -2.12. The normalized spacial score (nSPS) is 10.6. The molecule has 0 radical (unpaired) electrons. The van der Waals surface area contributed by atoms with Crippen molar-refractivity contribution >= 4 is 0 Å². The molecule has 0 atom stereocenters. The standard InChI is InChI=1S/C11H14N4O/c1-15-8-10(13-14-15)7-12-6-9-2-4-11(16)5-3-9/h2-5,8,12,16H,6-7H2,1H3. The topological polar surface area (TPSA) is 63.0 Å². The van der Waals surface area contributed by atoms with Gasteiger partial charge in [0.05, 0.1) is 5.69 Å². The Kier molecular flexibility index (Phi) is 3.16. The van der Waals surface area contributed by atoms with Crippen LogP contribution in [-0.2, 0) is 20.1 Å². The number of aryl methyl sites for hydroxylation is 1. The van der Waals surface area contributed by atoms with Crippen LogP contribution in [0, 0.1) is 0 Å². The molecule has 0 aliphatic heterocycles. The molecular formula is C11H14N4O. The summed E-state index contributed by atoms with van der Waals surface area (Å²) in [4.78, 5) is 0. The molecule has 84 valence electrons. The second kappa shape index (κ2) is 4.76. The fourth-order valence-electron chi connectivity index (χ4n) is 1.42. The van der Waals surface area contributed by atoms with Crippen LogP contribution in [0.25, 0.3) is 0 Å². The zero-order valence-electron chi connectivity index (χ0n) is 9.09. The van der Waals surface area contributed by atoms with Crippen molar-refractivity contribution in [2.24, 2.45) is 7.05 Å². The van der Waals surface area contributed by atoms with Gasteiger partial charge in [-0.3, -0.25) is 4.68 Å². The van der Waals surface area contributed by atoms with Crippen LogP contribution in [-0.4, -0.2) is 20.1 Å². The Morgan fingerprint density at radius 1 is 1.25 bits per heavy atom. The van der Waals surface area contributed by atoms with Crippen LogP contribution in [0.5, 0.6) is 5.75 Å². The summed E-state index contributed by atoms with van der Waals surface area (Å²) in [5.41, 5.74) is 2.04. The van der Waals surface area contributed by atoms with Crippen LogP contribution in [0.4, 0.5) is 0 Å². The number of hydrogen-bond acceptors (Lipinski definition) is 4. The van der Waals surface area contributed by atoms with Gasteiger partial charge in [0.25, 0.3) is 0 Å². The van der Waals surface area contributed by atoms with Gasteiger partial charge >= 0.3 is 0 Å². The van der Waals surface area contributed by atoms with E-state index in [1.54, 1.807) is 16.8 Å². The maximum atomic E-state index is 9.12. The lowest BCUT2D eigenvalue weighted by atomic mass is 10.2. The van der Waals surface area contributed by atoms with E-state index in [0.29, 0.717) is 6.54 Å². The summed E-state index contributed by atoms with van der Waals surface area (Å²) in [5, 5.41) is 20.2. The number of aromatic hydroxyl groups is 1. The van der Waals surface area contributed by atoms with E-state index in [0.717, 1.165) is 17.8 Å². The molecule has 0 bridgehead atoms. The molecule has 2 aromatic rings. The number of hydrogen-bond donors (Lipinski definition) is 2. The number of nitrogens with zero attached hydrogens (tertiary/aromatic N) is 3. The van der Waals surface area contributed by atoms with Crippen molar-refractivity contribution in [3.63, 3.8) is 0 Å². The first-order chi connectivity index (χ1) is 7.74. The molecule has 0 spiro atoms. The zero-order chi connectivity index (χ0) is 11.4. The Bertz CT molecular complexity index is 449. The molecule has 0 fully saturated rings. The van der Waals surface area contributed by atoms with Crippen LogP contribution < -0.4 is 5.32 Å². The first-order valence-electron chi connectivity index (χ1n) is 5.08. The molecule has 5 nitrogen and oxygen atoms in total. The third-order valence-corrected chi connectivity index (χ3v) is 2.22. The van der Waals surface area contributed by atoms with Gasteiger partial charge in [-0.15, -0.1) is 5.10 Å². The second-order valence-corrected chi connectivity index (χ2v) is 3.65. The lowest BCUT2D eigenvalue weighted by molar-refractivity contribution is 0.475. The molecule has 2 N–H and O–H groups in total. The van der Waals surface area contributed by atoms with Crippen molar-refractivity contribution in [3.8, 4) is 5.75 Å². The molecular weight excluding hydrogens is 204 g/mol. The molecule has 5 heteroatoms.